The second-order valence-corrected chi connectivity index (χ2v) is 9.32. The third-order valence-electron chi connectivity index (χ3n) is 4.67. The molecule has 3 aromatic carbocycles. The summed E-state index contributed by atoms with van der Waals surface area (Å²) in [5.41, 5.74) is 3.17. The fourth-order valence-electron chi connectivity index (χ4n) is 3.10. The van der Waals surface area contributed by atoms with Gasteiger partial charge in [0.2, 0.25) is 0 Å². The summed E-state index contributed by atoms with van der Waals surface area (Å²) in [6.45, 7) is 1.86. The molecule has 0 fully saturated rings. The van der Waals surface area contributed by atoms with Gasteiger partial charge in [0.1, 0.15) is 21.4 Å². The summed E-state index contributed by atoms with van der Waals surface area (Å²) in [4.78, 5) is 4.68. The van der Waals surface area contributed by atoms with Crippen molar-refractivity contribution >= 4 is 37.3 Å². The van der Waals surface area contributed by atoms with Crippen LogP contribution in [0.2, 0.25) is 0 Å². The van der Waals surface area contributed by atoms with E-state index in [1.54, 1.807) is 29.5 Å². The van der Waals surface area contributed by atoms with Gasteiger partial charge < -0.3 is 9.47 Å². The van der Waals surface area contributed by atoms with Crippen LogP contribution in [0.4, 0.5) is 5.69 Å². The Morgan fingerprint density at radius 2 is 1.77 bits per heavy atom. The van der Waals surface area contributed by atoms with Gasteiger partial charge in [0.05, 0.1) is 30.1 Å². The maximum Gasteiger partial charge on any atom is 0.265 e. The van der Waals surface area contributed by atoms with Crippen molar-refractivity contribution in [3.8, 4) is 22.1 Å². The van der Waals surface area contributed by atoms with Gasteiger partial charge in [-0.05, 0) is 55.0 Å². The van der Waals surface area contributed by atoms with E-state index in [2.05, 4.69) is 9.71 Å². The molecule has 30 heavy (non-hydrogen) atoms. The third-order valence-corrected chi connectivity index (χ3v) is 7.14. The van der Waals surface area contributed by atoms with Crippen LogP contribution in [0.15, 0.2) is 65.6 Å². The Kier molecular flexibility index (Phi) is 5.36. The van der Waals surface area contributed by atoms with Crippen LogP contribution in [0.25, 0.3) is 20.8 Å². The molecular weight excluding hydrogens is 420 g/mol. The van der Waals surface area contributed by atoms with Gasteiger partial charge in [-0.15, -0.1) is 11.3 Å². The molecule has 0 unspecified atom stereocenters. The molecule has 0 bridgehead atoms. The lowest BCUT2D eigenvalue weighted by molar-refractivity contribution is 0.392. The molecule has 0 saturated carbocycles. The molecule has 0 saturated heterocycles. The standard InChI is InChI=1S/C22H20N2O4S2/c1-14-12-15(22-23-18-6-4-5-7-20(18)29-22)8-10-17(14)24-30(25,26)21-13-16(27-2)9-11-19(21)28-3/h4-13,24H,1-3H3. The second kappa shape index (κ2) is 7.97. The van der Waals surface area contributed by atoms with Gasteiger partial charge >= 0.3 is 0 Å². The second-order valence-electron chi connectivity index (χ2n) is 6.64. The predicted octanol–water partition coefficient (Wildman–Crippen LogP) is 5.09. The van der Waals surface area contributed by atoms with E-state index in [1.807, 2.05) is 43.3 Å². The van der Waals surface area contributed by atoms with Gasteiger partial charge in [0.25, 0.3) is 10.0 Å². The molecule has 1 aromatic heterocycles. The first-order valence-electron chi connectivity index (χ1n) is 9.13. The van der Waals surface area contributed by atoms with Crippen molar-refractivity contribution in [3.63, 3.8) is 0 Å². The first-order valence-corrected chi connectivity index (χ1v) is 11.4. The van der Waals surface area contributed by atoms with Crippen molar-refractivity contribution in [1.82, 2.24) is 4.98 Å². The largest absolute Gasteiger partial charge is 0.497 e. The van der Waals surface area contributed by atoms with E-state index >= 15 is 0 Å². The average Bonchev–Trinajstić information content (AvgIpc) is 3.19. The zero-order valence-electron chi connectivity index (χ0n) is 16.7. The van der Waals surface area contributed by atoms with E-state index in [4.69, 9.17) is 9.47 Å². The molecule has 0 atom stereocenters. The number of hydrogen-bond acceptors (Lipinski definition) is 6. The third kappa shape index (κ3) is 3.83. The quantitative estimate of drug-likeness (QED) is 0.452. The minimum Gasteiger partial charge on any atom is -0.497 e. The summed E-state index contributed by atoms with van der Waals surface area (Å²) < 4.78 is 40.2. The molecule has 0 spiro atoms. The maximum absolute atomic E-state index is 13.0. The highest BCUT2D eigenvalue weighted by atomic mass is 32.2. The van der Waals surface area contributed by atoms with Crippen molar-refractivity contribution in [3.05, 3.63) is 66.2 Å². The highest BCUT2D eigenvalue weighted by molar-refractivity contribution is 7.92. The number of anilines is 1. The molecule has 0 aliphatic heterocycles. The van der Waals surface area contributed by atoms with Gasteiger partial charge in [0.15, 0.2) is 0 Å². The number of hydrogen-bond donors (Lipinski definition) is 1. The van der Waals surface area contributed by atoms with E-state index in [0.717, 1.165) is 26.4 Å². The number of ether oxygens (including phenoxy) is 2. The summed E-state index contributed by atoms with van der Waals surface area (Å²) in [6, 6.07) is 18.2. The highest BCUT2D eigenvalue weighted by Crippen LogP contribution is 2.34. The topological polar surface area (TPSA) is 77.5 Å². The maximum atomic E-state index is 13.0. The van der Waals surface area contributed by atoms with Crippen LogP contribution in [-0.4, -0.2) is 27.6 Å². The molecule has 0 radical (unpaired) electrons. The Morgan fingerprint density at radius 1 is 0.967 bits per heavy atom. The number of benzene rings is 3. The molecule has 1 heterocycles. The molecule has 0 aliphatic rings. The zero-order chi connectivity index (χ0) is 21.3. The zero-order valence-corrected chi connectivity index (χ0v) is 18.3. The Morgan fingerprint density at radius 3 is 2.47 bits per heavy atom. The normalized spacial score (nSPS) is 11.4. The minimum atomic E-state index is -3.88. The Balaban J connectivity index is 1.67. The van der Waals surface area contributed by atoms with Gasteiger partial charge in [-0.1, -0.05) is 12.1 Å². The molecule has 4 aromatic rings. The number of aromatic nitrogens is 1. The Bertz CT molecular complexity index is 1300. The van der Waals surface area contributed by atoms with Gasteiger partial charge in [-0.3, -0.25) is 4.72 Å². The van der Waals surface area contributed by atoms with Gasteiger partial charge in [-0.25, -0.2) is 13.4 Å². The molecule has 0 aliphatic carbocycles. The molecule has 6 nitrogen and oxygen atoms in total. The van der Waals surface area contributed by atoms with E-state index in [-0.39, 0.29) is 10.6 Å². The van der Waals surface area contributed by atoms with E-state index in [9.17, 15) is 8.42 Å². The van der Waals surface area contributed by atoms with E-state index < -0.39 is 10.0 Å². The first-order chi connectivity index (χ1) is 14.4. The molecule has 1 N–H and O–H groups in total. The van der Waals surface area contributed by atoms with Crippen LogP contribution >= 0.6 is 11.3 Å². The Hall–Kier alpha value is -3.10. The summed E-state index contributed by atoms with van der Waals surface area (Å²) in [6.07, 6.45) is 0. The van der Waals surface area contributed by atoms with Crippen molar-refractivity contribution < 1.29 is 17.9 Å². The molecule has 154 valence electrons. The molecular formula is C22H20N2O4S2. The fraction of sp³-hybridized carbons (Fsp3) is 0.136. The lowest BCUT2D eigenvalue weighted by Gasteiger charge is -2.14. The number of nitrogens with one attached hydrogen (secondary N) is 1. The first kappa shape index (κ1) is 20.2. The van der Waals surface area contributed by atoms with Gasteiger partial charge in [-0.2, -0.15) is 0 Å². The number of rotatable bonds is 6. The van der Waals surface area contributed by atoms with Crippen molar-refractivity contribution in [1.29, 1.82) is 0 Å². The molecule has 4 rings (SSSR count). The van der Waals surface area contributed by atoms with Crippen molar-refractivity contribution in [2.24, 2.45) is 0 Å². The average molecular weight is 441 g/mol. The Labute approximate surface area is 179 Å². The summed E-state index contributed by atoms with van der Waals surface area (Å²) in [7, 11) is -0.965. The van der Waals surface area contributed by atoms with Crippen molar-refractivity contribution in [2.75, 3.05) is 18.9 Å². The van der Waals surface area contributed by atoms with Gasteiger partial charge in [0, 0.05) is 11.6 Å². The monoisotopic (exact) mass is 440 g/mol. The number of methoxy groups -OCH3 is 2. The van der Waals surface area contributed by atoms with E-state index in [0.29, 0.717) is 11.4 Å². The van der Waals surface area contributed by atoms with Crippen LogP contribution in [-0.2, 0) is 10.0 Å². The van der Waals surface area contributed by atoms with E-state index in [1.165, 1.54) is 20.3 Å². The van der Waals surface area contributed by atoms with Crippen LogP contribution in [0.5, 0.6) is 11.5 Å². The molecule has 0 amide bonds. The lowest BCUT2D eigenvalue weighted by atomic mass is 10.1. The number of fused-ring (bicyclic) bond motifs is 1. The van der Waals surface area contributed by atoms with Crippen LogP contribution in [0.3, 0.4) is 0 Å². The summed E-state index contributed by atoms with van der Waals surface area (Å²) in [5, 5.41) is 0.892. The predicted molar refractivity (Wildman–Crippen MR) is 120 cm³/mol. The van der Waals surface area contributed by atoms with Crippen LogP contribution in [0.1, 0.15) is 5.56 Å². The lowest BCUT2D eigenvalue weighted by Crippen LogP contribution is -2.15. The SMILES string of the molecule is COc1ccc(OC)c(S(=O)(=O)Nc2ccc(-c3nc4ccccc4s3)cc2C)c1. The number of para-hydroxylation sites is 1. The number of sulfonamides is 1. The van der Waals surface area contributed by atoms with Crippen LogP contribution < -0.4 is 14.2 Å². The fourth-order valence-corrected chi connectivity index (χ4v) is 5.38. The number of nitrogens with zero attached hydrogens (tertiary/aromatic N) is 1. The van der Waals surface area contributed by atoms with Crippen molar-refractivity contribution in [2.45, 2.75) is 11.8 Å². The number of aryl methyl sites for hydroxylation is 1. The summed E-state index contributed by atoms with van der Waals surface area (Å²) >= 11 is 1.60. The highest BCUT2D eigenvalue weighted by Gasteiger charge is 2.21. The smallest absolute Gasteiger partial charge is 0.265 e. The van der Waals surface area contributed by atoms with Crippen LogP contribution in [0, 0.1) is 6.92 Å². The minimum absolute atomic E-state index is 0.0130. The molecule has 8 heteroatoms. The number of thiazole rings is 1. The summed E-state index contributed by atoms with van der Waals surface area (Å²) in [5.74, 6) is 0.672.